The average molecular weight is 292 g/mol. The molecule has 0 aliphatic heterocycles. The van der Waals surface area contributed by atoms with Gasteiger partial charge in [0, 0.05) is 63.8 Å². The fourth-order valence-electron chi connectivity index (χ4n) is 1.93. The molecule has 0 unspecified atom stereocenters. The van der Waals surface area contributed by atoms with Gasteiger partial charge in [-0.15, -0.1) is 0 Å². The van der Waals surface area contributed by atoms with E-state index >= 15 is 0 Å². The monoisotopic (exact) mass is 291 g/mol. The molecule has 0 atom stereocenters. The van der Waals surface area contributed by atoms with Crippen LogP contribution in [-0.4, -0.2) is 28.2 Å². The number of hydrogen-bond acceptors (Lipinski definition) is 2. The predicted octanol–water partition coefficient (Wildman–Crippen LogP) is -0.651. The Morgan fingerprint density at radius 3 is 1.15 bits per heavy atom. The van der Waals surface area contributed by atoms with Crippen molar-refractivity contribution in [3.05, 3.63) is 48.5 Å². The van der Waals surface area contributed by atoms with Crippen LogP contribution in [0.2, 0.25) is 0 Å². The van der Waals surface area contributed by atoms with Crippen molar-refractivity contribution in [2.24, 2.45) is 0 Å². The van der Waals surface area contributed by atoms with Gasteiger partial charge in [0.2, 0.25) is 0 Å². The van der Waals surface area contributed by atoms with Gasteiger partial charge in [0.1, 0.15) is 11.4 Å². The molecule has 0 aromatic heterocycles. The summed E-state index contributed by atoms with van der Waals surface area (Å²) in [6.07, 6.45) is 0. The molecule has 0 heterocycles. The summed E-state index contributed by atoms with van der Waals surface area (Å²) in [5.41, 5.74) is 4.90. The first-order valence-electron chi connectivity index (χ1n) is 6.46. The summed E-state index contributed by atoms with van der Waals surface area (Å²) in [6.45, 7) is 0. The Bertz CT molecular complexity index is 469. The van der Waals surface area contributed by atoms with Gasteiger partial charge in [-0.05, 0) is 24.3 Å². The van der Waals surface area contributed by atoms with Gasteiger partial charge in [-0.3, -0.25) is 5.32 Å². The van der Waals surface area contributed by atoms with Crippen LogP contribution >= 0.6 is 0 Å². The molecule has 0 radical (unpaired) electrons. The molecule has 2 N–H and O–H groups in total. The van der Waals surface area contributed by atoms with E-state index < -0.39 is 0 Å². The molecule has 0 spiro atoms. The standard InChI is InChI=1S/C16H21N3.ClH/c1-18(2)15-9-5-13(6-10-15)17-14-7-11-16(12-8-14)19(3)4;/h5-12,17H,1-4H3;1H. The van der Waals surface area contributed by atoms with Gasteiger partial charge in [-0.2, -0.15) is 0 Å². The van der Waals surface area contributed by atoms with Gasteiger partial charge in [0.05, 0.1) is 0 Å². The molecule has 4 heteroatoms. The Morgan fingerprint density at radius 2 is 0.900 bits per heavy atom. The Morgan fingerprint density at radius 1 is 0.600 bits per heavy atom. The summed E-state index contributed by atoms with van der Waals surface area (Å²) in [4.78, 5) is 4.21. The van der Waals surface area contributed by atoms with Crippen molar-refractivity contribution in [1.29, 1.82) is 0 Å². The summed E-state index contributed by atoms with van der Waals surface area (Å²) in [7, 11) is 8.22. The molecule has 0 bridgehead atoms. The lowest BCUT2D eigenvalue weighted by Gasteiger charge is -2.13. The summed E-state index contributed by atoms with van der Waals surface area (Å²) in [6, 6.07) is 17.1. The number of nitrogens with zero attached hydrogens (tertiary/aromatic N) is 2. The second kappa shape index (κ2) is 7.17. The maximum absolute atomic E-state index is 2.19. The van der Waals surface area contributed by atoms with Crippen LogP contribution in [0, 0.1) is 0 Å². The van der Waals surface area contributed by atoms with E-state index in [1.165, 1.54) is 22.7 Å². The number of benzene rings is 2. The lowest BCUT2D eigenvalue weighted by atomic mass is 10.2. The van der Waals surface area contributed by atoms with E-state index in [1.807, 2.05) is 0 Å². The fourth-order valence-corrected chi connectivity index (χ4v) is 1.93. The van der Waals surface area contributed by atoms with Crippen molar-refractivity contribution in [2.75, 3.05) is 38.0 Å². The molecule has 20 heavy (non-hydrogen) atoms. The first-order chi connectivity index (χ1) is 9.06. The Balaban J connectivity index is 0.00000200. The van der Waals surface area contributed by atoms with Gasteiger partial charge < -0.3 is 22.2 Å². The number of nitrogens with two attached hydrogens (primary N) is 1. The van der Waals surface area contributed by atoms with Gasteiger partial charge >= 0.3 is 0 Å². The summed E-state index contributed by atoms with van der Waals surface area (Å²) < 4.78 is 0. The molecule has 2 rings (SSSR count). The molecule has 2 aromatic rings. The highest BCUT2D eigenvalue weighted by molar-refractivity contribution is 5.52. The van der Waals surface area contributed by atoms with E-state index in [0.29, 0.717) is 0 Å². The number of anilines is 2. The second-order valence-corrected chi connectivity index (χ2v) is 5.12. The molecule has 0 amide bonds. The van der Waals surface area contributed by atoms with Crippen molar-refractivity contribution in [3.8, 4) is 0 Å². The number of hydrogen-bond donors (Lipinski definition) is 1. The Hall–Kier alpha value is -1.71. The van der Waals surface area contributed by atoms with Crippen LogP contribution in [0.3, 0.4) is 0 Å². The van der Waals surface area contributed by atoms with E-state index in [0.717, 1.165) is 0 Å². The molecule has 2 aromatic carbocycles. The minimum Gasteiger partial charge on any atom is -1.00 e. The third kappa shape index (κ3) is 4.15. The van der Waals surface area contributed by atoms with Gasteiger partial charge in [0.15, 0.2) is 0 Å². The average Bonchev–Trinajstić information content (AvgIpc) is 2.40. The fraction of sp³-hybridized carbons (Fsp3) is 0.250. The highest BCUT2D eigenvalue weighted by atomic mass is 35.5. The molecule has 0 saturated carbocycles. The zero-order valence-corrected chi connectivity index (χ0v) is 13.2. The third-order valence-corrected chi connectivity index (χ3v) is 3.15. The molecule has 108 valence electrons. The lowest BCUT2D eigenvalue weighted by Crippen LogP contribution is -3.00. The van der Waals surface area contributed by atoms with Crippen LogP contribution in [0.4, 0.5) is 22.7 Å². The molecule has 0 saturated heterocycles. The highest BCUT2D eigenvalue weighted by Crippen LogP contribution is 2.15. The van der Waals surface area contributed by atoms with Crippen LogP contribution < -0.4 is 27.5 Å². The van der Waals surface area contributed by atoms with Gasteiger partial charge in [0.25, 0.3) is 0 Å². The molecule has 0 aliphatic carbocycles. The quantitative estimate of drug-likeness (QED) is 0.757. The SMILES string of the molecule is CN(C)c1ccc([NH2+]c2ccc(N(C)C)cc2)cc1.[Cl-]. The topological polar surface area (TPSA) is 23.1 Å². The van der Waals surface area contributed by atoms with Gasteiger partial charge in [-0.1, -0.05) is 0 Å². The first kappa shape index (κ1) is 16.3. The molecular weight excluding hydrogens is 270 g/mol. The Kier molecular flexibility index (Phi) is 5.86. The minimum absolute atomic E-state index is 0. The van der Waals surface area contributed by atoms with Crippen LogP contribution in [0.25, 0.3) is 0 Å². The largest absolute Gasteiger partial charge is 1.00 e. The number of halogens is 1. The smallest absolute Gasteiger partial charge is 0.134 e. The first-order valence-corrected chi connectivity index (χ1v) is 6.46. The highest BCUT2D eigenvalue weighted by Gasteiger charge is 2.02. The van der Waals surface area contributed by atoms with Crippen molar-refractivity contribution in [3.63, 3.8) is 0 Å². The lowest BCUT2D eigenvalue weighted by molar-refractivity contribution is -0.478. The normalized spacial score (nSPS) is 9.80. The molecule has 3 nitrogen and oxygen atoms in total. The zero-order valence-electron chi connectivity index (χ0n) is 12.5. The summed E-state index contributed by atoms with van der Waals surface area (Å²) in [5.74, 6) is 0. The Labute approximate surface area is 127 Å². The van der Waals surface area contributed by atoms with Gasteiger partial charge in [-0.25, -0.2) is 0 Å². The summed E-state index contributed by atoms with van der Waals surface area (Å²) >= 11 is 0. The third-order valence-electron chi connectivity index (χ3n) is 3.15. The molecule has 0 aliphatic rings. The number of quaternary nitrogens is 1. The van der Waals surface area contributed by atoms with Crippen LogP contribution in [0.1, 0.15) is 0 Å². The second-order valence-electron chi connectivity index (χ2n) is 5.12. The molecular formula is C16H22ClN3. The van der Waals surface area contributed by atoms with Crippen LogP contribution in [0.15, 0.2) is 48.5 Å². The zero-order chi connectivity index (χ0) is 13.8. The predicted molar refractivity (Wildman–Crippen MR) is 82.8 cm³/mol. The summed E-state index contributed by atoms with van der Waals surface area (Å²) in [5, 5.41) is 2.19. The minimum atomic E-state index is 0. The maximum atomic E-state index is 2.19. The van der Waals surface area contributed by atoms with Crippen molar-refractivity contribution >= 4 is 22.7 Å². The van der Waals surface area contributed by atoms with Crippen molar-refractivity contribution in [1.82, 2.24) is 0 Å². The van der Waals surface area contributed by atoms with Crippen molar-refractivity contribution < 1.29 is 17.7 Å². The van der Waals surface area contributed by atoms with E-state index in [1.54, 1.807) is 0 Å². The van der Waals surface area contributed by atoms with Crippen LogP contribution in [0.5, 0.6) is 0 Å². The van der Waals surface area contributed by atoms with E-state index in [4.69, 9.17) is 0 Å². The van der Waals surface area contributed by atoms with E-state index in [9.17, 15) is 0 Å². The maximum Gasteiger partial charge on any atom is 0.134 e. The number of rotatable bonds is 4. The van der Waals surface area contributed by atoms with E-state index in [2.05, 4.69) is 91.8 Å². The molecule has 0 fully saturated rings. The van der Waals surface area contributed by atoms with Crippen LogP contribution in [-0.2, 0) is 0 Å². The van der Waals surface area contributed by atoms with Crippen molar-refractivity contribution in [2.45, 2.75) is 0 Å². The van der Waals surface area contributed by atoms with E-state index in [-0.39, 0.29) is 12.4 Å².